The maximum absolute atomic E-state index is 12.5. The van der Waals surface area contributed by atoms with Gasteiger partial charge in [-0.3, -0.25) is 4.48 Å². The number of benzene rings is 1. The minimum absolute atomic E-state index is 0.363. The van der Waals surface area contributed by atoms with E-state index in [1.165, 1.54) is 82.6 Å². The molecule has 0 spiro atoms. The Morgan fingerprint density at radius 1 is 0.704 bits per heavy atom. The van der Waals surface area contributed by atoms with Gasteiger partial charge in [-0.05, 0) is 6.42 Å². The van der Waals surface area contributed by atoms with Gasteiger partial charge in [0.05, 0.1) is 20.5 Å². The van der Waals surface area contributed by atoms with E-state index in [0.29, 0.717) is 10.4 Å². The van der Waals surface area contributed by atoms with Crippen LogP contribution in [0.4, 0.5) is 0 Å². The van der Waals surface area contributed by atoms with E-state index in [4.69, 9.17) is 0 Å². The maximum atomic E-state index is 12.5. The Hall–Kier alpha value is -1.15. The lowest BCUT2D eigenvalue weighted by molar-refractivity contribution is -0.828. The first kappa shape index (κ1) is 23.9. The summed E-state index contributed by atoms with van der Waals surface area (Å²) in [5.74, 6) is 0.363. The highest BCUT2D eigenvalue weighted by atomic mass is 16.2. The third kappa shape index (κ3) is 12.0. The van der Waals surface area contributed by atoms with Crippen LogP contribution >= 0.6 is 0 Å². The zero-order chi connectivity index (χ0) is 19.8. The SMILES string of the molecule is CCCCCCCCCCCCCCCC(=O)[N+](C)(C)Cc1ccccc1. The highest BCUT2D eigenvalue weighted by molar-refractivity contribution is 5.68. The van der Waals surface area contributed by atoms with Crippen molar-refractivity contribution >= 4 is 5.91 Å². The van der Waals surface area contributed by atoms with Crippen LogP contribution in [0, 0.1) is 0 Å². The van der Waals surface area contributed by atoms with E-state index in [9.17, 15) is 4.79 Å². The Kier molecular flexibility index (Phi) is 13.1. The predicted octanol–water partition coefficient (Wildman–Crippen LogP) is 7.27. The molecule has 0 heterocycles. The van der Waals surface area contributed by atoms with Crippen molar-refractivity contribution in [3.05, 3.63) is 35.9 Å². The molecule has 2 heteroatoms. The third-order valence-electron chi connectivity index (χ3n) is 5.59. The van der Waals surface area contributed by atoms with Gasteiger partial charge in [0.1, 0.15) is 6.54 Å². The van der Waals surface area contributed by atoms with Crippen LogP contribution in [0.25, 0.3) is 0 Å². The molecule has 0 aromatic heterocycles. The van der Waals surface area contributed by atoms with Crippen molar-refractivity contribution < 1.29 is 9.28 Å². The number of amides is 1. The molecule has 1 amide bonds. The Bertz CT molecular complexity index is 480. The molecule has 1 aromatic rings. The van der Waals surface area contributed by atoms with Gasteiger partial charge in [0.25, 0.3) is 0 Å². The molecule has 0 radical (unpaired) electrons. The number of carbonyl (C=O) groups is 1. The van der Waals surface area contributed by atoms with Gasteiger partial charge < -0.3 is 0 Å². The predicted molar refractivity (Wildman–Crippen MR) is 118 cm³/mol. The first-order valence-electron chi connectivity index (χ1n) is 11.5. The second-order valence-electron chi connectivity index (χ2n) is 8.72. The van der Waals surface area contributed by atoms with Crippen LogP contribution in [0.15, 0.2) is 30.3 Å². The minimum Gasteiger partial charge on any atom is -0.262 e. The lowest BCUT2D eigenvalue weighted by Crippen LogP contribution is -2.44. The van der Waals surface area contributed by atoms with Crippen LogP contribution in [0.1, 0.15) is 102 Å². The van der Waals surface area contributed by atoms with Gasteiger partial charge in [0, 0.05) is 5.56 Å². The van der Waals surface area contributed by atoms with Gasteiger partial charge in [-0.1, -0.05) is 114 Å². The molecular weight excluding hydrogens is 330 g/mol. The normalized spacial score (nSPS) is 11.7. The van der Waals surface area contributed by atoms with Crippen molar-refractivity contribution in [1.29, 1.82) is 0 Å². The summed E-state index contributed by atoms with van der Waals surface area (Å²) >= 11 is 0. The van der Waals surface area contributed by atoms with Crippen LogP contribution in [0.2, 0.25) is 0 Å². The number of carbonyl (C=O) groups excluding carboxylic acids is 1. The third-order valence-corrected chi connectivity index (χ3v) is 5.59. The summed E-state index contributed by atoms with van der Waals surface area (Å²) in [6.07, 6.45) is 18.2. The second kappa shape index (κ2) is 14.9. The van der Waals surface area contributed by atoms with Crippen molar-refractivity contribution in [2.24, 2.45) is 0 Å². The number of hydrogen-bond acceptors (Lipinski definition) is 1. The van der Waals surface area contributed by atoms with Crippen molar-refractivity contribution in [1.82, 2.24) is 0 Å². The lowest BCUT2D eigenvalue weighted by atomic mass is 10.0. The summed E-state index contributed by atoms with van der Waals surface area (Å²) in [4.78, 5) is 12.5. The zero-order valence-electron chi connectivity index (χ0n) is 18.3. The molecule has 154 valence electrons. The molecule has 1 rings (SSSR count). The maximum Gasteiger partial charge on any atom is 0.313 e. The average molecular weight is 375 g/mol. The van der Waals surface area contributed by atoms with Gasteiger partial charge in [-0.25, -0.2) is 4.79 Å². The van der Waals surface area contributed by atoms with Crippen LogP contribution < -0.4 is 0 Å². The van der Waals surface area contributed by atoms with E-state index in [1.54, 1.807) is 0 Å². The zero-order valence-corrected chi connectivity index (χ0v) is 18.3. The Labute approximate surface area is 168 Å². The summed E-state index contributed by atoms with van der Waals surface area (Å²) in [5, 5.41) is 0. The van der Waals surface area contributed by atoms with Gasteiger partial charge >= 0.3 is 5.91 Å². The van der Waals surface area contributed by atoms with E-state index in [2.05, 4.69) is 19.1 Å². The second-order valence-corrected chi connectivity index (χ2v) is 8.72. The fourth-order valence-corrected chi connectivity index (χ4v) is 3.72. The van der Waals surface area contributed by atoms with Crippen molar-refractivity contribution in [2.75, 3.05) is 14.1 Å². The molecule has 0 saturated heterocycles. The molecule has 0 aliphatic rings. The number of hydrogen-bond donors (Lipinski definition) is 0. The van der Waals surface area contributed by atoms with Crippen molar-refractivity contribution in [3.63, 3.8) is 0 Å². The number of rotatable bonds is 16. The molecule has 0 saturated carbocycles. The topological polar surface area (TPSA) is 17.1 Å². The van der Waals surface area contributed by atoms with E-state index < -0.39 is 0 Å². The van der Waals surface area contributed by atoms with Crippen LogP contribution in [-0.4, -0.2) is 24.5 Å². The van der Waals surface area contributed by atoms with Crippen LogP contribution in [0.5, 0.6) is 0 Å². The molecule has 1 aromatic carbocycles. The standard InChI is InChI=1S/C25H44NO/c1-4-5-6-7-8-9-10-11-12-13-14-15-19-22-25(27)26(2,3)23-24-20-17-16-18-21-24/h16-18,20-21H,4-15,19,22-23H2,1-3H3/q+1. The summed E-state index contributed by atoms with van der Waals surface area (Å²) in [5.41, 5.74) is 1.24. The average Bonchev–Trinajstić information content (AvgIpc) is 2.65. The molecule has 0 N–H and O–H groups in total. The van der Waals surface area contributed by atoms with Gasteiger partial charge in [0.2, 0.25) is 0 Å². The Balaban J connectivity index is 1.97. The first-order valence-corrected chi connectivity index (χ1v) is 11.5. The summed E-state index contributed by atoms with van der Waals surface area (Å²) in [6.45, 7) is 3.07. The summed E-state index contributed by atoms with van der Waals surface area (Å²) < 4.78 is 0.461. The molecule has 0 aliphatic heterocycles. The van der Waals surface area contributed by atoms with E-state index in [-0.39, 0.29) is 0 Å². The van der Waals surface area contributed by atoms with Crippen molar-refractivity contribution in [3.8, 4) is 0 Å². The highest BCUT2D eigenvalue weighted by Gasteiger charge is 2.25. The number of quaternary nitrogens is 1. The van der Waals surface area contributed by atoms with Crippen LogP contribution in [-0.2, 0) is 11.3 Å². The van der Waals surface area contributed by atoms with Gasteiger partial charge in [-0.2, -0.15) is 0 Å². The lowest BCUT2D eigenvalue weighted by Gasteiger charge is -2.27. The van der Waals surface area contributed by atoms with E-state index in [0.717, 1.165) is 19.4 Å². The van der Waals surface area contributed by atoms with E-state index in [1.807, 2.05) is 32.3 Å². The minimum atomic E-state index is 0.363. The van der Waals surface area contributed by atoms with Crippen LogP contribution in [0.3, 0.4) is 0 Å². The quantitative estimate of drug-likeness (QED) is 0.220. The van der Waals surface area contributed by atoms with Gasteiger partial charge in [-0.15, -0.1) is 0 Å². The largest absolute Gasteiger partial charge is 0.313 e. The van der Waals surface area contributed by atoms with Crippen molar-refractivity contribution in [2.45, 2.75) is 103 Å². The Morgan fingerprint density at radius 2 is 1.15 bits per heavy atom. The summed E-state index contributed by atoms with van der Waals surface area (Å²) in [6, 6.07) is 10.3. The van der Waals surface area contributed by atoms with E-state index >= 15 is 0 Å². The molecule has 0 aliphatic carbocycles. The monoisotopic (exact) mass is 374 g/mol. The molecule has 0 bridgehead atoms. The molecule has 0 atom stereocenters. The Morgan fingerprint density at radius 3 is 1.63 bits per heavy atom. The molecule has 0 unspecified atom stereocenters. The fraction of sp³-hybridized carbons (Fsp3) is 0.720. The molecular formula is C25H44NO+. The molecule has 0 fully saturated rings. The molecule has 2 nitrogen and oxygen atoms in total. The smallest absolute Gasteiger partial charge is 0.262 e. The fourth-order valence-electron chi connectivity index (χ4n) is 3.72. The van der Waals surface area contributed by atoms with Gasteiger partial charge in [0.15, 0.2) is 0 Å². The highest BCUT2D eigenvalue weighted by Crippen LogP contribution is 2.15. The first-order chi connectivity index (χ1) is 13.1. The number of nitrogens with zero attached hydrogens (tertiary/aromatic N) is 1. The number of unbranched alkanes of at least 4 members (excludes halogenated alkanes) is 12. The molecule has 27 heavy (non-hydrogen) atoms. The summed E-state index contributed by atoms with van der Waals surface area (Å²) in [7, 11) is 4.08.